The van der Waals surface area contributed by atoms with Crippen LogP contribution >= 0.6 is 22.9 Å². The predicted molar refractivity (Wildman–Crippen MR) is 134 cm³/mol. The molecule has 0 N–H and O–H groups in total. The number of halogens is 2. The molecule has 2 saturated heterocycles. The fraction of sp³-hybridized carbons (Fsp3) is 0.417. The molecular formula is C24H25ClFN5O3S. The highest BCUT2D eigenvalue weighted by atomic mass is 35.5. The maximum Gasteiger partial charge on any atom is 0.264 e. The van der Waals surface area contributed by atoms with Crippen molar-refractivity contribution in [2.45, 2.75) is 26.1 Å². The van der Waals surface area contributed by atoms with E-state index < -0.39 is 6.17 Å². The fourth-order valence-electron chi connectivity index (χ4n) is 4.65. The molecule has 1 aromatic carbocycles. The van der Waals surface area contributed by atoms with Crippen LogP contribution in [0.5, 0.6) is 0 Å². The zero-order chi connectivity index (χ0) is 24.7. The van der Waals surface area contributed by atoms with Gasteiger partial charge in [-0.25, -0.2) is 9.37 Å². The number of aryl methyl sites for hydroxylation is 1. The molecule has 1 atom stereocenters. The van der Waals surface area contributed by atoms with Gasteiger partial charge < -0.3 is 14.7 Å². The first-order valence-electron chi connectivity index (χ1n) is 11.5. The first-order chi connectivity index (χ1) is 16.8. The Hall–Kier alpha value is -2.98. The Bertz CT molecular complexity index is 1350. The second kappa shape index (κ2) is 9.58. The number of aromatic nitrogens is 2. The number of hydrogen-bond acceptors (Lipinski definition) is 6. The quantitative estimate of drug-likeness (QED) is 0.531. The number of alkyl halides is 1. The summed E-state index contributed by atoms with van der Waals surface area (Å²) in [7, 11) is 0. The third-order valence-electron chi connectivity index (χ3n) is 6.64. The van der Waals surface area contributed by atoms with E-state index in [1.54, 1.807) is 11.8 Å². The standard InChI is InChI=1S/C24H25ClFN5O3S/c1-15-20-22(27-14-31(23(20)33)13-19(32)30-6-5-17(26)12-30)35-21(15)24(34)29-9-7-28(8-10-29)18-4-2-3-16(25)11-18/h2-4,11,14,17H,5-10,12-13H2,1H3/t17-/m0/s1. The number of likely N-dealkylation sites (tertiary alicyclic amines) is 1. The lowest BCUT2D eigenvalue weighted by atomic mass is 10.2. The Morgan fingerprint density at radius 3 is 2.63 bits per heavy atom. The van der Waals surface area contributed by atoms with E-state index in [9.17, 15) is 18.8 Å². The van der Waals surface area contributed by atoms with Crippen molar-refractivity contribution < 1.29 is 14.0 Å². The summed E-state index contributed by atoms with van der Waals surface area (Å²) in [6.07, 6.45) is 0.635. The molecule has 2 fully saturated rings. The lowest BCUT2D eigenvalue weighted by Crippen LogP contribution is -2.48. The molecule has 5 rings (SSSR count). The molecule has 0 unspecified atom stereocenters. The number of benzene rings is 1. The number of amides is 2. The van der Waals surface area contributed by atoms with Gasteiger partial charge in [0.05, 0.1) is 23.1 Å². The molecule has 11 heteroatoms. The van der Waals surface area contributed by atoms with E-state index in [0.717, 1.165) is 5.69 Å². The van der Waals surface area contributed by atoms with Gasteiger partial charge in [0, 0.05) is 43.4 Å². The molecule has 2 amide bonds. The van der Waals surface area contributed by atoms with Crippen molar-refractivity contribution in [2.75, 3.05) is 44.2 Å². The van der Waals surface area contributed by atoms with E-state index in [1.807, 2.05) is 24.3 Å². The molecule has 184 valence electrons. The highest BCUT2D eigenvalue weighted by molar-refractivity contribution is 7.20. The summed E-state index contributed by atoms with van der Waals surface area (Å²) in [6, 6.07) is 7.65. The van der Waals surface area contributed by atoms with Gasteiger partial charge in [-0.3, -0.25) is 19.0 Å². The molecule has 4 heterocycles. The Kier molecular flexibility index (Phi) is 6.50. The van der Waals surface area contributed by atoms with E-state index in [2.05, 4.69) is 9.88 Å². The van der Waals surface area contributed by atoms with Crippen LogP contribution < -0.4 is 10.5 Å². The van der Waals surface area contributed by atoms with Crippen molar-refractivity contribution in [2.24, 2.45) is 0 Å². The SMILES string of the molecule is Cc1c(C(=O)N2CCN(c3cccc(Cl)c3)CC2)sc2ncn(CC(=O)N3CC[C@H](F)C3)c(=O)c12. The van der Waals surface area contributed by atoms with Crippen LogP contribution in [0, 0.1) is 6.92 Å². The molecule has 2 aromatic heterocycles. The van der Waals surface area contributed by atoms with Gasteiger partial charge in [-0.15, -0.1) is 11.3 Å². The molecule has 0 bridgehead atoms. The van der Waals surface area contributed by atoms with Gasteiger partial charge in [-0.05, 0) is 37.1 Å². The molecular weight excluding hydrogens is 493 g/mol. The summed E-state index contributed by atoms with van der Waals surface area (Å²) < 4.78 is 14.7. The van der Waals surface area contributed by atoms with Gasteiger partial charge in [0.1, 0.15) is 17.5 Å². The van der Waals surface area contributed by atoms with Crippen molar-refractivity contribution in [3.63, 3.8) is 0 Å². The summed E-state index contributed by atoms with van der Waals surface area (Å²) in [6.45, 7) is 4.43. The van der Waals surface area contributed by atoms with Crippen molar-refractivity contribution in [1.29, 1.82) is 0 Å². The number of fused-ring (bicyclic) bond motifs is 1. The molecule has 2 aliphatic heterocycles. The zero-order valence-corrected chi connectivity index (χ0v) is 20.8. The number of hydrogen-bond donors (Lipinski definition) is 0. The van der Waals surface area contributed by atoms with Gasteiger partial charge in [-0.2, -0.15) is 0 Å². The molecule has 35 heavy (non-hydrogen) atoms. The average Bonchev–Trinajstić information content (AvgIpc) is 3.44. The molecule has 0 saturated carbocycles. The van der Waals surface area contributed by atoms with Crippen LogP contribution in [0.25, 0.3) is 10.2 Å². The smallest absolute Gasteiger partial charge is 0.264 e. The second-order valence-corrected chi connectivity index (χ2v) is 10.3. The number of thiophene rings is 1. The third kappa shape index (κ3) is 4.64. The summed E-state index contributed by atoms with van der Waals surface area (Å²) >= 11 is 7.31. The van der Waals surface area contributed by atoms with Crippen LogP contribution in [0.4, 0.5) is 10.1 Å². The number of anilines is 1. The molecule has 0 radical (unpaired) electrons. The van der Waals surface area contributed by atoms with Crippen LogP contribution in [-0.2, 0) is 11.3 Å². The Labute approximate surface area is 210 Å². The Balaban J connectivity index is 1.32. The molecule has 0 aliphatic carbocycles. The van der Waals surface area contributed by atoms with Crippen molar-refractivity contribution in [3.05, 3.63) is 56.4 Å². The van der Waals surface area contributed by atoms with Crippen LogP contribution in [0.2, 0.25) is 5.02 Å². The van der Waals surface area contributed by atoms with E-state index in [-0.39, 0.29) is 30.5 Å². The minimum absolute atomic E-state index is 0.0595. The number of carbonyl (C=O) groups excluding carboxylic acids is 2. The van der Waals surface area contributed by atoms with Gasteiger partial charge >= 0.3 is 0 Å². The third-order valence-corrected chi connectivity index (χ3v) is 8.06. The molecule has 3 aromatic rings. The summed E-state index contributed by atoms with van der Waals surface area (Å²) in [5, 5.41) is 1.03. The van der Waals surface area contributed by atoms with Crippen LogP contribution in [0.3, 0.4) is 0 Å². The summed E-state index contributed by atoms with van der Waals surface area (Å²) in [5.41, 5.74) is 1.24. The van der Waals surface area contributed by atoms with E-state index in [0.29, 0.717) is 64.8 Å². The van der Waals surface area contributed by atoms with Gasteiger partial charge in [0.2, 0.25) is 5.91 Å². The van der Waals surface area contributed by atoms with Crippen molar-refractivity contribution >= 4 is 50.7 Å². The number of nitrogens with zero attached hydrogens (tertiary/aromatic N) is 5. The Morgan fingerprint density at radius 1 is 1.17 bits per heavy atom. The van der Waals surface area contributed by atoms with Crippen molar-refractivity contribution in [1.82, 2.24) is 19.4 Å². The van der Waals surface area contributed by atoms with Crippen LogP contribution in [0.1, 0.15) is 21.7 Å². The molecule has 2 aliphatic rings. The second-order valence-electron chi connectivity index (χ2n) is 8.90. The summed E-state index contributed by atoms with van der Waals surface area (Å²) in [5.74, 6) is -0.431. The summed E-state index contributed by atoms with van der Waals surface area (Å²) in [4.78, 5) is 49.7. The zero-order valence-electron chi connectivity index (χ0n) is 19.2. The van der Waals surface area contributed by atoms with Gasteiger partial charge in [0.15, 0.2) is 0 Å². The van der Waals surface area contributed by atoms with Gasteiger partial charge in [0.25, 0.3) is 11.5 Å². The highest BCUT2D eigenvalue weighted by Crippen LogP contribution is 2.29. The Morgan fingerprint density at radius 2 is 1.94 bits per heavy atom. The topological polar surface area (TPSA) is 78.8 Å². The van der Waals surface area contributed by atoms with E-state index >= 15 is 0 Å². The number of rotatable bonds is 4. The minimum atomic E-state index is -1.02. The van der Waals surface area contributed by atoms with Crippen LogP contribution in [-0.4, -0.2) is 76.6 Å². The van der Waals surface area contributed by atoms with Gasteiger partial charge in [-0.1, -0.05) is 17.7 Å². The predicted octanol–water partition coefficient (Wildman–Crippen LogP) is 2.95. The maximum atomic E-state index is 13.5. The average molecular weight is 518 g/mol. The first kappa shape index (κ1) is 23.7. The number of piperazine rings is 1. The molecule has 0 spiro atoms. The number of carbonyl (C=O) groups is 2. The lowest BCUT2D eigenvalue weighted by molar-refractivity contribution is -0.131. The lowest BCUT2D eigenvalue weighted by Gasteiger charge is -2.36. The maximum absolute atomic E-state index is 13.5. The highest BCUT2D eigenvalue weighted by Gasteiger charge is 2.28. The first-order valence-corrected chi connectivity index (χ1v) is 12.7. The minimum Gasteiger partial charge on any atom is -0.368 e. The largest absolute Gasteiger partial charge is 0.368 e. The fourth-order valence-corrected chi connectivity index (χ4v) is 5.94. The van der Waals surface area contributed by atoms with E-state index in [4.69, 9.17) is 11.6 Å². The van der Waals surface area contributed by atoms with Crippen LogP contribution in [0.15, 0.2) is 35.4 Å². The molecule has 8 nitrogen and oxygen atoms in total. The van der Waals surface area contributed by atoms with Crippen molar-refractivity contribution in [3.8, 4) is 0 Å². The normalized spacial score (nSPS) is 18.5. The van der Waals surface area contributed by atoms with E-state index in [1.165, 1.54) is 27.1 Å². The monoisotopic (exact) mass is 517 g/mol.